The molecule has 8 nitrogen and oxygen atoms in total. The highest BCUT2D eigenvalue weighted by molar-refractivity contribution is 5.87. The first kappa shape index (κ1) is 30.8. The summed E-state index contributed by atoms with van der Waals surface area (Å²) in [5.74, 6) is 1.60. The van der Waals surface area contributed by atoms with Crippen molar-refractivity contribution in [3.63, 3.8) is 0 Å². The van der Waals surface area contributed by atoms with Crippen LogP contribution in [0.1, 0.15) is 47.2 Å². The number of hydrogen-bond acceptors (Lipinski definition) is 7. The first-order valence-electron chi connectivity index (χ1n) is 14.9. The van der Waals surface area contributed by atoms with E-state index in [-0.39, 0.29) is 17.4 Å². The van der Waals surface area contributed by atoms with Gasteiger partial charge in [0.15, 0.2) is 0 Å². The quantitative estimate of drug-likeness (QED) is 0.100. The molecule has 0 radical (unpaired) electrons. The Morgan fingerprint density at radius 2 is 1.59 bits per heavy atom. The summed E-state index contributed by atoms with van der Waals surface area (Å²) in [4.78, 5) is 14.2. The van der Waals surface area contributed by atoms with E-state index in [9.17, 15) is 15.0 Å². The smallest absolute Gasteiger partial charge is 0.248 e. The molecule has 0 bridgehead atoms. The predicted octanol–water partition coefficient (Wildman–Crippen LogP) is 5.60. The van der Waals surface area contributed by atoms with Gasteiger partial charge in [0.1, 0.15) is 23.9 Å². The minimum atomic E-state index is -0.777. The first-order chi connectivity index (χ1) is 21.5. The number of aromatic hydroxyl groups is 1. The zero-order valence-electron chi connectivity index (χ0n) is 24.8. The molecule has 0 amide bonds. The van der Waals surface area contributed by atoms with Crippen molar-refractivity contribution in [1.29, 1.82) is 0 Å². The Hall–Kier alpha value is -4.63. The molecule has 0 aliphatic heterocycles. The number of aliphatic hydroxyl groups excluding tert-OH is 1. The van der Waals surface area contributed by atoms with Crippen molar-refractivity contribution in [3.05, 3.63) is 136 Å². The van der Waals surface area contributed by atoms with Gasteiger partial charge in [0.2, 0.25) is 5.56 Å². The minimum absolute atomic E-state index is 0.0214. The van der Waals surface area contributed by atoms with Crippen molar-refractivity contribution in [2.24, 2.45) is 0 Å². The third-order valence-electron chi connectivity index (χ3n) is 7.54. The van der Waals surface area contributed by atoms with Gasteiger partial charge in [0.25, 0.3) is 0 Å². The van der Waals surface area contributed by atoms with Crippen LogP contribution in [0.15, 0.2) is 108 Å². The number of pyridine rings is 1. The fourth-order valence-electron chi connectivity index (χ4n) is 5.29. The van der Waals surface area contributed by atoms with Gasteiger partial charge < -0.3 is 35.3 Å². The third kappa shape index (κ3) is 8.05. The molecule has 0 saturated heterocycles. The van der Waals surface area contributed by atoms with Crippen LogP contribution in [0.2, 0.25) is 0 Å². The zero-order valence-corrected chi connectivity index (χ0v) is 24.8. The van der Waals surface area contributed by atoms with Gasteiger partial charge in [-0.2, -0.15) is 0 Å². The van der Waals surface area contributed by atoms with Crippen LogP contribution in [0, 0.1) is 0 Å². The van der Waals surface area contributed by atoms with Crippen molar-refractivity contribution in [1.82, 2.24) is 15.6 Å². The Morgan fingerprint density at radius 3 is 2.41 bits per heavy atom. The van der Waals surface area contributed by atoms with Crippen LogP contribution >= 0.6 is 0 Å². The first-order valence-corrected chi connectivity index (χ1v) is 14.9. The molecule has 4 aromatic carbocycles. The Morgan fingerprint density at radius 1 is 0.818 bits per heavy atom. The summed E-state index contributed by atoms with van der Waals surface area (Å²) in [7, 11) is 1.96. The lowest BCUT2D eigenvalue weighted by Crippen LogP contribution is -2.23. The number of nitrogens with one attached hydrogen (secondary N) is 3. The van der Waals surface area contributed by atoms with Gasteiger partial charge in [-0.05, 0) is 85.1 Å². The van der Waals surface area contributed by atoms with Gasteiger partial charge in [-0.15, -0.1) is 0 Å². The number of H-pyrrole nitrogens is 1. The number of fused-ring (bicyclic) bond motifs is 1. The van der Waals surface area contributed by atoms with Crippen LogP contribution in [0.25, 0.3) is 10.9 Å². The van der Waals surface area contributed by atoms with Crippen molar-refractivity contribution in [2.45, 2.75) is 31.6 Å². The lowest BCUT2D eigenvalue weighted by Gasteiger charge is -2.18. The van der Waals surface area contributed by atoms with Crippen molar-refractivity contribution < 1.29 is 19.7 Å². The summed E-state index contributed by atoms with van der Waals surface area (Å²) in [6.07, 6.45) is 0.960. The number of hydrogen-bond donors (Lipinski definition) is 5. The van der Waals surface area contributed by atoms with Crippen LogP contribution in [0.3, 0.4) is 0 Å². The van der Waals surface area contributed by atoms with Gasteiger partial charge in [0, 0.05) is 18.0 Å². The lowest BCUT2D eigenvalue weighted by molar-refractivity contribution is 0.176. The highest BCUT2D eigenvalue weighted by Crippen LogP contribution is 2.29. The van der Waals surface area contributed by atoms with E-state index in [1.165, 1.54) is 17.7 Å². The van der Waals surface area contributed by atoms with Gasteiger partial charge >= 0.3 is 0 Å². The number of unbranched alkanes of at least 4 members (excludes halogenated alkanes) is 1. The molecule has 2 unspecified atom stereocenters. The molecule has 0 aliphatic rings. The number of aromatic nitrogens is 1. The van der Waals surface area contributed by atoms with E-state index in [0.717, 1.165) is 42.0 Å². The summed E-state index contributed by atoms with van der Waals surface area (Å²) >= 11 is 0. The van der Waals surface area contributed by atoms with E-state index in [4.69, 9.17) is 9.47 Å². The maximum Gasteiger partial charge on any atom is 0.248 e. The molecule has 5 rings (SSSR count). The SMILES string of the molecule is CNC(c1ccccc1)c1cccc(OCc2cccc(OCCCCNCC(O)c3ccc(O)c4[nH]c(=O)ccc34)c2)c1. The molecule has 0 saturated carbocycles. The topological polar surface area (TPSA) is 116 Å². The number of phenolic OH excluding ortho intramolecular Hbond substituents is 1. The number of aromatic amines is 1. The summed E-state index contributed by atoms with van der Waals surface area (Å²) in [5.41, 5.74) is 4.05. The average molecular weight is 594 g/mol. The Labute approximate surface area is 257 Å². The Kier molecular flexibility index (Phi) is 10.6. The predicted molar refractivity (Wildman–Crippen MR) is 173 cm³/mol. The summed E-state index contributed by atoms with van der Waals surface area (Å²) in [6.45, 7) is 2.10. The molecule has 228 valence electrons. The number of rotatable bonds is 15. The second-order valence-electron chi connectivity index (χ2n) is 10.7. The standard InChI is InChI=1S/C36H39N3O5/c1-37-35(26-10-3-2-4-11-26)27-12-8-14-29(22-27)44-24-25-9-7-13-28(21-25)43-20-6-5-19-38-23-33(41)30-15-17-32(40)36-31(30)16-18-34(42)39-36/h2-4,7-18,21-22,33,35,37-38,40-41H,5-6,19-20,23-24H2,1H3,(H,39,42). The number of ether oxygens (including phenoxy) is 2. The van der Waals surface area contributed by atoms with Crippen LogP contribution in [-0.2, 0) is 6.61 Å². The molecular weight excluding hydrogens is 554 g/mol. The lowest BCUT2D eigenvalue weighted by atomic mass is 9.99. The fraction of sp³-hybridized carbons (Fsp3) is 0.250. The maximum atomic E-state index is 11.6. The number of aliphatic hydroxyl groups is 1. The summed E-state index contributed by atoms with van der Waals surface area (Å²) in [5, 5.41) is 28.0. The molecule has 0 fully saturated rings. The van der Waals surface area contributed by atoms with E-state index in [2.05, 4.69) is 39.9 Å². The van der Waals surface area contributed by atoms with Crippen molar-refractivity contribution in [3.8, 4) is 17.2 Å². The Bertz CT molecular complexity index is 1710. The van der Waals surface area contributed by atoms with Gasteiger partial charge in [-0.1, -0.05) is 60.7 Å². The summed E-state index contributed by atoms with van der Waals surface area (Å²) in [6, 6.07) is 32.8. The normalized spacial score (nSPS) is 12.6. The second-order valence-corrected chi connectivity index (χ2v) is 10.7. The van der Waals surface area contributed by atoms with E-state index in [1.54, 1.807) is 12.1 Å². The molecular formula is C36H39N3O5. The monoisotopic (exact) mass is 593 g/mol. The van der Waals surface area contributed by atoms with Crippen molar-refractivity contribution in [2.75, 3.05) is 26.7 Å². The second kappa shape index (κ2) is 15.2. The number of phenols is 1. The molecule has 5 aromatic rings. The fourth-order valence-corrected chi connectivity index (χ4v) is 5.29. The van der Waals surface area contributed by atoms with Gasteiger partial charge in [0.05, 0.1) is 24.3 Å². The van der Waals surface area contributed by atoms with E-state index in [1.807, 2.05) is 61.6 Å². The van der Waals surface area contributed by atoms with Gasteiger partial charge in [-0.3, -0.25) is 4.79 Å². The minimum Gasteiger partial charge on any atom is -0.506 e. The van der Waals surface area contributed by atoms with E-state index < -0.39 is 6.10 Å². The molecule has 0 spiro atoms. The molecule has 8 heteroatoms. The van der Waals surface area contributed by atoms with Gasteiger partial charge in [-0.25, -0.2) is 0 Å². The van der Waals surface area contributed by atoms with Crippen molar-refractivity contribution >= 4 is 10.9 Å². The highest BCUT2D eigenvalue weighted by Gasteiger charge is 2.14. The van der Waals surface area contributed by atoms with E-state index in [0.29, 0.717) is 36.2 Å². The molecule has 2 atom stereocenters. The van der Waals surface area contributed by atoms with Crippen LogP contribution < -0.4 is 25.7 Å². The molecule has 5 N–H and O–H groups in total. The van der Waals surface area contributed by atoms with Crippen LogP contribution in [-0.4, -0.2) is 41.9 Å². The van der Waals surface area contributed by atoms with Crippen LogP contribution in [0.4, 0.5) is 0 Å². The molecule has 44 heavy (non-hydrogen) atoms. The third-order valence-corrected chi connectivity index (χ3v) is 7.54. The summed E-state index contributed by atoms with van der Waals surface area (Å²) < 4.78 is 12.1. The molecule has 1 aromatic heterocycles. The largest absolute Gasteiger partial charge is 0.506 e. The zero-order chi connectivity index (χ0) is 30.7. The van der Waals surface area contributed by atoms with E-state index >= 15 is 0 Å². The number of benzene rings is 4. The average Bonchev–Trinajstić information content (AvgIpc) is 3.05. The van der Waals surface area contributed by atoms with Crippen LogP contribution in [0.5, 0.6) is 17.2 Å². The molecule has 1 heterocycles. The highest BCUT2D eigenvalue weighted by atomic mass is 16.5. The Balaban J connectivity index is 1.04. The molecule has 0 aliphatic carbocycles. The maximum absolute atomic E-state index is 11.6.